The lowest BCUT2D eigenvalue weighted by Crippen LogP contribution is -2.62. The first kappa shape index (κ1) is 22.1. The lowest BCUT2D eigenvalue weighted by atomic mass is 9.84. The van der Waals surface area contributed by atoms with Gasteiger partial charge in [-0.1, -0.05) is 27.2 Å². The molecule has 2 aliphatic rings. The van der Waals surface area contributed by atoms with E-state index in [9.17, 15) is 0 Å². The first-order chi connectivity index (χ1) is 13.8. The van der Waals surface area contributed by atoms with Crippen LogP contribution in [0.15, 0.2) is 15.6 Å². The molecule has 0 unspecified atom stereocenters. The van der Waals surface area contributed by atoms with Crippen molar-refractivity contribution in [3.8, 4) is 0 Å². The van der Waals surface area contributed by atoms with E-state index in [4.69, 9.17) is 4.42 Å². The van der Waals surface area contributed by atoms with Crippen LogP contribution in [0, 0.1) is 0 Å². The predicted molar refractivity (Wildman–Crippen MR) is 118 cm³/mol. The fraction of sp³-hybridized carbons (Fsp3) is 0.818. The summed E-state index contributed by atoms with van der Waals surface area (Å²) in [6.07, 6.45) is 8.27. The second-order valence-corrected chi connectivity index (χ2v) is 9.72. The average Bonchev–Trinajstić information content (AvgIpc) is 3.20. The molecule has 1 aromatic rings. The van der Waals surface area contributed by atoms with E-state index >= 15 is 0 Å². The Kier molecular flexibility index (Phi) is 7.22. The lowest BCUT2D eigenvalue weighted by Gasteiger charge is -2.50. The molecule has 7 nitrogen and oxygen atoms in total. The van der Waals surface area contributed by atoms with Gasteiger partial charge in [0.2, 0.25) is 5.89 Å². The zero-order valence-corrected chi connectivity index (χ0v) is 19.1. The summed E-state index contributed by atoms with van der Waals surface area (Å²) in [5.41, 5.74) is 0.201. The zero-order chi connectivity index (χ0) is 20.9. The van der Waals surface area contributed by atoms with Crippen molar-refractivity contribution in [1.82, 2.24) is 25.4 Å². The summed E-state index contributed by atoms with van der Waals surface area (Å²) in [6, 6.07) is 0. The first-order valence-corrected chi connectivity index (χ1v) is 11.2. The Bertz CT molecular complexity index is 663. The Morgan fingerprint density at radius 3 is 2.41 bits per heavy atom. The maximum absolute atomic E-state index is 5.89. The highest BCUT2D eigenvalue weighted by Crippen LogP contribution is 2.30. The monoisotopic (exact) mass is 404 g/mol. The summed E-state index contributed by atoms with van der Waals surface area (Å²) in [4.78, 5) is 14.0. The van der Waals surface area contributed by atoms with Crippen LogP contribution in [0.5, 0.6) is 0 Å². The van der Waals surface area contributed by atoms with Crippen LogP contribution in [-0.4, -0.2) is 73.1 Å². The molecule has 3 rings (SSSR count). The third kappa shape index (κ3) is 5.72. The van der Waals surface area contributed by atoms with Crippen LogP contribution in [0.2, 0.25) is 0 Å². The Morgan fingerprint density at radius 1 is 1.14 bits per heavy atom. The number of piperidine rings is 2. The molecule has 0 aliphatic carbocycles. The molecule has 0 spiro atoms. The van der Waals surface area contributed by atoms with Gasteiger partial charge >= 0.3 is 0 Å². The zero-order valence-electron chi connectivity index (χ0n) is 19.1. The number of hydrogen-bond acceptors (Lipinski definition) is 5. The summed E-state index contributed by atoms with van der Waals surface area (Å²) in [7, 11) is 4.06. The number of guanidine groups is 1. The molecule has 0 amide bonds. The number of nitrogens with zero attached hydrogens (tertiary/aromatic N) is 4. The third-order valence-corrected chi connectivity index (χ3v) is 6.45. The van der Waals surface area contributed by atoms with E-state index in [1.54, 1.807) is 0 Å². The smallest absolute Gasteiger partial charge is 0.213 e. The van der Waals surface area contributed by atoms with Crippen LogP contribution >= 0.6 is 0 Å². The Labute approximate surface area is 176 Å². The molecule has 2 aliphatic heterocycles. The number of rotatable bonds is 5. The molecular formula is C22H40N6O. The molecule has 2 saturated heterocycles. The van der Waals surface area contributed by atoms with E-state index < -0.39 is 0 Å². The molecule has 0 bridgehead atoms. The minimum absolute atomic E-state index is 0.0276. The summed E-state index contributed by atoms with van der Waals surface area (Å²) in [5, 5.41) is 6.98. The largest absolute Gasteiger partial charge is 0.443 e. The van der Waals surface area contributed by atoms with Crippen LogP contribution in [0.1, 0.15) is 64.5 Å². The van der Waals surface area contributed by atoms with Gasteiger partial charge in [-0.2, -0.15) is 0 Å². The van der Waals surface area contributed by atoms with Gasteiger partial charge in [0.25, 0.3) is 0 Å². The van der Waals surface area contributed by atoms with Crippen molar-refractivity contribution in [3.63, 3.8) is 0 Å². The molecular weight excluding hydrogens is 364 g/mol. The SMILES string of the molecule is CN=C(NCc1ncc(C(C)(C)C)o1)NCC1(N2CCCCC2)CCN(C)CC1. The van der Waals surface area contributed by atoms with E-state index in [1.165, 1.54) is 45.2 Å². The molecule has 164 valence electrons. The predicted octanol–water partition coefficient (Wildman–Crippen LogP) is 2.59. The summed E-state index contributed by atoms with van der Waals surface area (Å²) >= 11 is 0. The standard InChI is InChI=1S/C22H40N6O/c1-21(2,3)18-15-24-19(29-18)16-25-20(23-4)26-17-22(9-13-27(5)14-10-22)28-11-7-6-8-12-28/h15H,6-14,16-17H2,1-5H3,(H2,23,25,26). The fourth-order valence-corrected chi connectivity index (χ4v) is 4.37. The average molecular weight is 405 g/mol. The van der Waals surface area contributed by atoms with Crippen molar-refractivity contribution < 1.29 is 4.42 Å². The summed E-state index contributed by atoms with van der Waals surface area (Å²) in [5.74, 6) is 2.42. The van der Waals surface area contributed by atoms with Gasteiger partial charge in [-0.3, -0.25) is 9.89 Å². The molecule has 0 aromatic carbocycles. The molecule has 2 N–H and O–H groups in total. The quantitative estimate of drug-likeness (QED) is 0.581. The highest BCUT2D eigenvalue weighted by molar-refractivity contribution is 5.79. The number of oxazole rings is 1. The van der Waals surface area contributed by atoms with Crippen LogP contribution in [0.3, 0.4) is 0 Å². The van der Waals surface area contributed by atoms with Gasteiger partial charge in [0, 0.05) is 24.5 Å². The Balaban J connectivity index is 1.58. The molecule has 7 heteroatoms. The molecule has 0 radical (unpaired) electrons. The number of aromatic nitrogens is 1. The van der Waals surface area contributed by atoms with Crippen LogP contribution in [-0.2, 0) is 12.0 Å². The fourth-order valence-electron chi connectivity index (χ4n) is 4.37. The Hall–Kier alpha value is -1.60. The third-order valence-electron chi connectivity index (χ3n) is 6.45. The normalized spacial score (nSPS) is 21.9. The summed E-state index contributed by atoms with van der Waals surface area (Å²) in [6.45, 7) is 12.6. The highest BCUT2D eigenvalue weighted by atomic mass is 16.4. The van der Waals surface area contributed by atoms with Crippen molar-refractivity contribution >= 4 is 5.96 Å². The van der Waals surface area contributed by atoms with E-state index in [2.05, 4.69) is 58.2 Å². The van der Waals surface area contributed by atoms with Crippen molar-refractivity contribution in [1.29, 1.82) is 0 Å². The second-order valence-electron chi connectivity index (χ2n) is 9.72. The van der Waals surface area contributed by atoms with Gasteiger partial charge in [0.1, 0.15) is 5.76 Å². The molecule has 0 saturated carbocycles. The highest BCUT2D eigenvalue weighted by Gasteiger charge is 2.39. The lowest BCUT2D eigenvalue weighted by molar-refractivity contribution is 0.0173. The van der Waals surface area contributed by atoms with E-state index in [-0.39, 0.29) is 11.0 Å². The van der Waals surface area contributed by atoms with Crippen LogP contribution < -0.4 is 10.6 Å². The van der Waals surface area contributed by atoms with Gasteiger partial charge in [-0.25, -0.2) is 4.98 Å². The summed E-state index contributed by atoms with van der Waals surface area (Å²) < 4.78 is 5.89. The molecule has 29 heavy (non-hydrogen) atoms. The second kappa shape index (κ2) is 9.47. The van der Waals surface area contributed by atoms with E-state index in [1.807, 2.05) is 13.2 Å². The van der Waals surface area contributed by atoms with E-state index in [0.717, 1.165) is 31.4 Å². The molecule has 3 heterocycles. The Morgan fingerprint density at radius 2 is 1.83 bits per heavy atom. The van der Waals surface area contributed by atoms with Crippen molar-refractivity contribution in [2.24, 2.45) is 4.99 Å². The topological polar surface area (TPSA) is 68.9 Å². The van der Waals surface area contributed by atoms with Crippen LogP contribution in [0.25, 0.3) is 0 Å². The van der Waals surface area contributed by atoms with Gasteiger partial charge in [-0.05, 0) is 58.9 Å². The number of aliphatic imine (C=N–C) groups is 1. The number of likely N-dealkylation sites (tertiary alicyclic amines) is 2. The van der Waals surface area contributed by atoms with Crippen molar-refractivity contribution in [2.45, 2.75) is 70.4 Å². The first-order valence-electron chi connectivity index (χ1n) is 11.2. The molecule has 0 atom stereocenters. The van der Waals surface area contributed by atoms with Gasteiger partial charge in [-0.15, -0.1) is 0 Å². The minimum Gasteiger partial charge on any atom is -0.443 e. The van der Waals surface area contributed by atoms with Crippen molar-refractivity contribution in [2.75, 3.05) is 46.8 Å². The van der Waals surface area contributed by atoms with E-state index in [0.29, 0.717) is 12.4 Å². The number of hydrogen-bond donors (Lipinski definition) is 2. The number of nitrogens with one attached hydrogen (secondary N) is 2. The van der Waals surface area contributed by atoms with Gasteiger partial charge in [0.05, 0.1) is 12.7 Å². The van der Waals surface area contributed by atoms with Crippen molar-refractivity contribution in [3.05, 3.63) is 17.8 Å². The molecule has 1 aromatic heterocycles. The maximum atomic E-state index is 5.89. The maximum Gasteiger partial charge on any atom is 0.213 e. The van der Waals surface area contributed by atoms with Gasteiger partial charge < -0.3 is 20.0 Å². The minimum atomic E-state index is -0.0276. The van der Waals surface area contributed by atoms with Crippen LogP contribution in [0.4, 0.5) is 0 Å². The van der Waals surface area contributed by atoms with Gasteiger partial charge in [0.15, 0.2) is 5.96 Å². The molecule has 2 fully saturated rings.